The SMILES string of the molecule is NC(=O)c1nn(-c2ccccn2)c2c1CCc1cnc(NC3CCCC3)nc1-2. The van der Waals surface area contributed by atoms with Crippen molar-refractivity contribution < 1.29 is 4.79 Å². The molecule has 5 rings (SSSR count). The molecule has 0 aromatic carbocycles. The average molecular weight is 375 g/mol. The Hall–Kier alpha value is -3.29. The smallest absolute Gasteiger partial charge is 0.269 e. The second kappa shape index (κ2) is 6.70. The Kier molecular flexibility index (Phi) is 4.03. The lowest BCUT2D eigenvalue weighted by Crippen LogP contribution is -2.19. The van der Waals surface area contributed by atoms with E-state index >= 15 is 0 Å². The third-order valence-electron chi connectivity index (χ3n) is 5.50. The minimum Gasteiger partial charge on any atom is -0.364 e. The van der Waals surface area contributed by atoms with Crippen LogP contribution in [-0.2, 0) is 12.8 Å². The number of amides is 1. The fourth-order valence-corrected chi connectivity index (χ4v) is 4.15. The van der Waals surface area contributed by atoms with Gasteiger partial charge in [-0.2, -0.15) is 5.10 Å². The predicted molar refractivity (Wildman–Crippen MR) is 104 cm³/mol. The van der Waals surface area contributed by atoms with Gasteiger partial charge in [-0.3, -0.25) is 4.79 Å². The summed E-state index contributed by atoms with van der Waals surface area (Å²) in [4.78, 5) is 25.7. The highest BCUT2D eigenvalue weighted by molar-refractivity contribution is 5.94. The molecule has 0 atom stereocenters. The van der Waals surface area contributed by atoms with E-state index in [1.165, 1.54) is 12.8 Å². The lowest BCUT2D eigenvalue weighted by Gasteiger charge is -2.19. The number of carbonyl (C=O) groups is 1. The number of aryl methyl sites for hydroxylation is 1. The summed E-state index contributed by atoms with van der Waals surface area (Å²) >= 11 is 0. The molecule has 3 aromatic heterocycles. The van der Waals surface area contributed by atoms with Crippen molar-refractivity contribution >= 4 is 11.9 Å². The molecule has 8 nitrogen and oxygen atoms in total. The summed E-state index contributed by atoms with van der Waals surface area (Å²) in [5.41, 5.74) is 9.34. The number of nitrogens with two attached hydrogens (primary N) is 1. The summed E-state index contributed by atoms with van der Waals surface area (Å²) < 4.78 is 1.68. The Bertz CT molecular complexity index is 1040. The van der Waals surface area contributed by atoms with Crippen LogP contribution in [0.1, 0.15) is 47.3 Å². The largest absolute Gasteiger partial charge is 0.364 e. The number of nitrogens with one attached hydrogen (secondary N) is 1. The van der Waals surface area contributed by atoms with E-state index in [1.54, 1.807) is 10.9 Å². The zero-order valence-electron chi connectivity index (χ0n) is 15.4. The van der Waals surface area contributed by atoms with Crippen LogP contribution in [-0.4, -0.2) is 36.7 Å². The van der Waals surface area contributed by atoms with Gasteiger partial charge in [-0.25, -0.2) is 19.6 Å². The molecule has 0 unspecified atom stereocenters. The van der Waals surface area contributed by atoms with Crippen LogP contribution >= 0.6 is 0 Å². The number of aromatic nitrogens is 5. The second-order valence-electron chi connectivity index (χ2n) is 7.33. The number of fused-ring (bicyclic) bond motifs is 3. The van der Waals surface area contributed by atoms with Crippen molar-refractivity contribution in [2.24, 2.45) is 5.73 Å². The number of hydrogen-bond acceptors (Lipinski definition) is 6. The van der Waals surface area contributed by atoms with Gasteiger partial charge >= 0.3 is 0 Å². The Morgan fingerprint density at radius 2 is 2.04 bits per heavy atom. The van der Waals surface area contributed by atoms with Gasteiger partial charge in [0, 0.05) is 24.0 Å². The molecule has 3 aromatic rings. The van der Waals surface area contributed by atoms with Crippen LogP contribution in [0.4, 0.5) is 5.95 Å². The number of nitrogens with zero attached hydrogens (tertiary/aromatic N) is 5. The highest BCUT2D eigenvalue weighted by Gasteiger charge is 2.30. The second-order valence-corrected chi connectivity index (χ2v) is 7.33. The van der Waals surface area contributed by atoms with Gasteiger partial charge in [0.2, 0.25) is 5.95 Å². The number of hydrogen-bond donors (Lipinski definition) is 2. The third-order valence-corrected chi connectivity index (χ3v) is 5.50. The molecule has 0 radical (unpaired) electrons. The van der Waals surface area contributed by atoms with Gasteiger partial charge < -0.3 is 11.1 Å². The molecule has 8 heteroatoms. The van der Waals surface area contributed by atoms with Crippen molar-refractivity contribution in [2.75, 3.05) is 5.32 Å². The zero-order chi connectivity index (χ0) is 19.1. The lowest BCUT2D eigenvalue weighted by molar-refractivity contribution is 0.0994. The van der Waals surface area contributed by atoms with Crippen molar-refractivity contribution in [1.82, 2.24) is 24.7 Å². The number of carbonyl (C=O) groups excluding carboxylic acids is 1. The number of rotatable bonds is 4. The minimum absolute atomic E-state index is 0.287. The van der Waals surface area contributed by atoms with Gasteiger partial charge in [0.25, 0.3) is 5.91 Å². The fraction of sp³-hybridized carbons (Fsp3) is 0.350. The Morgan fingerprint density at radius 1 is 1.18 bits per heavy atom. The van der Waals surface area contributed by atoms with Crippen LogP contribution in [0.5, 0.6) is 0 Å². The highest BCUT2D eigenvalue weighted by atomic mass is 16.1. The Labute approximate surface area is 162 Å². The summed E-state index contributed by atoms with van der Waals surface area (Å²) in [5, 5.41) is 7.94. The zero-order valence-corrected chi connectivity index (χ0v) is 15.4. The number of pyridine rings is 1. The molecular formula is C20H21N7O. The summed E-state index contributed by atoms with van der Waals surface area (Å²) in [7, 11) is 0. The summed E-state index contributed by atoms with van der Waals surface area (Å²) in [6, 6.07) is 6.00. The van der Waals surface area contributed by atoms with Crippen molar-refractivity contribution in [1.29, 1.82) is 0 Å². The monoisotopic (exact) mass is 375 g/mol. The standard InChI is InChI=1S/C20H21N7O/c21-19(28)17-14-9-8-12-11-23-20(24-13-5-1-2-6-13)25-16(12)18(14)27(26-17)15-7-3-4-10-22-15/h3-4,7,10-11,13H,1-2,5-6,8-9H2,(H2,21,28)(H,23,24,25). The molecule has 0 spiro atoms. The number of primary amides is 1. The van der Waals surface area contributed by atoms with E-state index in [9.17, 15) is 4.79 Å². The molecule has 28 heavy (non-hydrogen) atoms. The van der Waals surface area contributed by atoms with Crippen molar-refractivity contribution in [3.8, 4) is 17.2 Å². The van der Waals surface area contributed by atoms with E-state index in [0.29, 0.717) is 24.2 Å². The van der Waals surface area contributed by atoms with E-state index in [4.69, 9.17) is 10.7 Å². The van der Waals surface area contributed by atoms with Gasteiger partial charge in [0.15, 0.2) is 11.5 Å². The van der Waals surface area contributed by atoms with E-state index in [-0.39, 0.29) is 5.69 Å². The van der Waals surface area contributed by atoms with Gasteiger partial charge in [-0.15, -0.1) is 0 Å². The molecule has 142 valence electrons. The molecule has 0 aliphatic heterocycles. The van der Waals surface area contributed by atoms with E-state index < -0.39 is 5.91 Å². The van der Waals surface area contributed by atoms with Gasteiger partial charge in [-0.1, -0.05) is 18.9 Å². The summed E-state index contributed by atoms with van der Waals surface area (Å²) in [5.74, 6) is 0.712. The van der Waals surface area contributed by atoms with Crippen LogP contribution in [0.2, 0.25) is 0 Å². The fourth-order valence-electron chi connectivity index (χ4n) is 4.15. The summed E-state index contributed by atoms with van der Waals surface area (Å²) in [6.07, 6.45) is 9.76. The summed E-state index contributed by atoms with van der Waals surface area (Å²) in [6.45, 7) is 0. The van der Waals surface area contributed by atoms with Crippen molar-refractivity contribution in [2.45, 2.75) is 44.6 Å². The normalized spacial score (nSPS) is 15.9. The predicted octanol–water partition coefficient (Wildman–Crippen LogP) is 2.28. The minimum atomic E-state index is -0.534. The third kappa shape index (κ3) is 2.81. The van der Waals surface area contributed by atoms with Crippen molar-refractivity contribution in [3.05, 3.63) is 47.4 Å². The first-order valence-electron chi connectivity index (χ1n) is 9.66. The van der Waals surface area contributed by atoms with Crippen molar-refractivity contribution in [3.63, 3.8) is 0 Å². The quantitative estimate of drug-likeness (QED) is 0.723. The maximum Gasteiger partial charge on any atom is 0.269 e. The molecule has 0 saturated heterocycles. The molecule has 0 bridgehead atoms. The topological polar surface area (TPSA) is 112 Å². The first-order chi connectivity index (χ1) is 13.7. The number of anilines is 1. The highest BCUT2D eigenvalue weighted by Crippen LogP contribution is 2.35. The molecule has 1 amide bonds. The maximum atomic E-state index is 12.0. The average Bonchev–Trinajstić information content (AvgIpc) is 3.36. The first-order valence-corrected chi connectivity index (χ1v) is 9.66. The van der Waals surface area contributed by atoms with Gasteiger partial charge in [-0.05, 0) is 43.4 Å². The van der Waals surface area contributed by atoms with Crippen LogP contribution in [0.15, 0.2) is 30.6 Å². The molecule has 1 fully saturated rings. The molecule has 3 N–H and O–H groups in total. The molecule has 1 saturated carbocycles. The van der Waals surface area contributed by atoms with E-state index in [0.717, 1.165) is 41.8 Å². The Balaban J connectivity index is 1.65. The van der Waals surface area contributed by atoms with Crippen LogP contribution in [0, 0.1) is 0 Å². The maximum absolute atomic E-state index is 12.0. The van der Waals surface area contributed by atoms with Crippen LogP contribution < -0.4 is 11.1 Å². The Morgan fingerprint density at radius 3 is 2.79 bits per heavy atom. The van der Waals surface area contributed by atoms with Crippen LogP contribution in [0.3, 0.4) is 0 Å². The molecule has 2 aliphatic carbocycles. The molecular weight excluding hydrogens is 354 g/mol. The first kappa shape index (κ1) is 16.9. The molecule has 3 heterocycles. The van der Waals surface area contributed by atoms with Crippen LogP contribution in [0.25, 0.3) is 17.2 Å². The molecule has 2 aliphatic rings. The lowest BCUT2D eigenvalue weighted by atomic mass is 9.93. The van der Waals surface area contributed by atoms with E-state index in [1.807, 2.05) is 24.4 Å². The van der Waals surface area contributed by atoms with Gasteiger partial charge in [0.1, 0.15) is 0 Å². The van der Waals surface area contributed by atoms with Gasteiger partial charge in [0.05, 0.1) is 11.4 Å². The van der Waals surface area contributed by atoms with E-state index in [2.05, 4.69) is 20.4 Å².